The molecule has 0 aliphatic carbocycles. The normalized spacial score (nSPS) is 17.2. The maximum absolute atomic E-state index is 12.9. The lowest BCUT2D eigenvalue weighted by Crippen LogP contribution is -2.45. The summed E-state index contributed by atoms with van der Waals surface area (Å²) in [6.07, 6.45) is 1.20. The smallest absolute Gasteiger partial charge is 0.230 e. The van der Waals surface area contributed by atoms with Crippen molar-refractivity contribution in [3.8, 4) is 0 Å². The first-order chi connectivity index (χ1) is 10.9. The zero-order valence-corrected chi connectivity index (χ0v) is 15.0. The van der Waals surface area contributed by atoms with E-state index in [-0.39, 0.29) is 17.6 Å². The summed E-state index contributed by atoms with van der Waals surface area (Å²) in [5, 5.41) is 0. The van der Waals surface area contributed by atoms with Gasteiger partial charge in [0, 0.05) is 31.2 Å². The molecule has 128 valence electrons. The first-order valence-corrected chi connectivity index (χ1v) is 9.86. The number of sulfonamides is 1. The summed E-state index contributed by atoms with van der Waals surface area (Å²) in [5.74, 6) is 0.129. The predicted octanol–water partition coefficient (Wildman–Crippen LogP) is 2.41. The molecule has 23 heavy (non-hydrogen) atoms. The molecule has 0 aromatic heterocycles. The van der Waals surface area contributed by atoms with Gasteiger partial charge in [0.1, 0.15) is 0 Å². The number of para-hydroxylation sites is 1. The van der Waals surface area contributed by atoms with E-state index in [1.54, 1.807) is 6.92 Å². The Labute approximate surface area is 139 Å². The third-order valence-corrected chi connectivity index (χ3v) is 6.43. The summed E-state index contributed by atoms with van der Waals surface area (Å²) in [6, 6.07) is 7.87. The molecule has 2 rings (SSSR count). The van der Waals surface area contributed by atoms with E-state index in [1.807, 2.05) is 43.0 Å². The molecule has 6 heteroatoms. The van der Waals surface area contributed by atoms with Gasteiger partial charge in [-0.3, -0.25) is 4.79 Å². The zero-order chi connectivity index (χ0) is 17.0. The Morgan fingerprint density at radius 3 is 2.35 bits per heavy atom. The van der Waals surface area contributed by atoms with Gasteiger partial charge >= 0.3 is 0 Å². The van der Waals surface area contributed by atoms with Gasteiger partial charge in [-0.2, -0.15) is 0 Å². The average Bonchev–Trinajstić information content (AvgIpc) is 2.57. The van der Waals surface area contributed by atoms with Gasteiger partial charge in [-0.15, -0.1) is 0 Å². The summed E-state index contributed by atoms with van der Waals surface area (Å²) in [5.41, 5.74) is 2.03. The number of anilines is 1. The van der Waals surface area contributed by atoms with Crippen molar-refractivity contribution in [2.24, 2.45) is 5.92 Å². The molecule has 1 aromatic rings. The number of hydrogen-bond donors (Lipinski definition) is 0. The lowest BCUT2D eigenvalue weighted by molar-refractivity contribution is -0.123. The fourth-order valence-corrected chi connectivity index (χ4v) is 4.23. The molecular formula is C17H26N2O3S. The van der Waals surface area contributed by atoms with Gasteiger partial charge < -0.3 is 4.90 Å². The van der Waals surface area contributed by atoms with Crippen molar-refractivity contribution < 1.29 is 13.2 Å². The van der Waals surface area contributed by atoms with Gasteiger partial charge in [-0.1, -0.05) is 18.2 Å². The van der Waals surface area contributed by atoms with Crippen LogP contribution in [0.15, 0.2) is 24.3 Å². The molecule has 0 unspecified atom stereocenters. The number of benzene rings is 1. The lowest BCUT2D eigenvalue weighted by atomic mass is 9.96. The van der Waals surface area contributed by atoms with Crippen molar-refractivity contribution in [2.45, 2.75) is 33.6 Å². The molecule has 0 radical (unpaired) electrons. The molecule has 1 amide bonds. The fourth-order valence-electron chi connectivity index (χ4n) is 3.10. The van der Waals surface area contributed by atoms with Gasteiger partial charge in [0.2, 0.25) is 15.9 Å². The van der Waals surface area contributed by atoms with Crippen molar-refractivity contribution in [1.82, 2.24) is 4.31 Å². The van der Waals surface area contributed by atoms with Gasteiger partial charge in [0.15, 0.2) is 0 Å². The Balaban J connectivity index is 2.08. The molecule has 5 nitrogen and oxygen atoms in total. The second-order valence-corrected chi connectivity index (χ2v) is 8.20. The van der Waals surface area contributed by atoms with E-state index >= 15 is 0 Å². The van der Waals surface area contributed by atoms with E-state index in [9.17, 15) is 13.2 Å². The Morgan fingerprint density at radius 1 is 1.22 bits per heavy atom. The maximum atomic E-state index is 12.9. The molecule has 1 heterocycles. The highest BCUT2D eigenvalue weighted by molar-refractivity contribution is 7.89. The first-order valence-electron chi connectivity index (χ1n) is 8.25. The SMILES string of the molecule is CCN(C(=O)C1CCN(S(=O)(=O)CC)CC1)c1ccccc1C. The van der Waals surface area contributed by atoms with Crippen LogP contribution in [0.4, 0.5) is 5.69 Å². The number of carbonyl (C=O) groups excluding carboxylic acids is 1. The number of aryl methyl sites for hydroxylation is 1. The first kappa shape index (κ1) is 17.9. The van der Waals surface area contributed by atoms with Gasteiger partial charge in [-0.05, 0) is 45.2 Å². The lowest BCUT2D eigenvalue weighted by Gasteiger charge is -2.33. The quantitative estimate of drug-likeness (QED) is 0.828. The molecule has 1 aliphatic heterocycles. The minimum atomic E-state index is -3.15. The standard InChI is InChI=1S/C17H26N2O3S/c1-4-19(16-9-7-6-8-14(16)3)17(20)15-10-12-18(13-11-15)23(21,22)5-2/h6-9,15H,4-5,10-13H2,1-3H3. The van der Waals surface area contributed by atoms with Crippen LogP contribution in [0.5, 0.6) is 0 Å². The molecule has 1 aliphatic rings. The van der Waals surface area contributed by atoms with E-state index in [0.717, 1.165) is 11.3 Å². The highest BCUT2D eigenvalue weighted by Crippen LogP contribution is 2.26. The number of hydrogen-bond acceptors (Lipinski definition) is 3. The van der Waals surface area contributed by atoms with Crippen molar-refractivity contribution in [3.63, 3.8) is 0 Å². The Hall–Kier alpha value is -1.40. The second-order valence-electron chi connectivity index (χ2n) is 5.94. The third-order valence-electron chi connectivity index (χ3n) is 4.55. The van der Waals surface area contributed by atoms with E-state index < -0.39 is 10.0 Å². The fraction of sp³-hybridized carbons (Fsp3) is 0.588. The topological polar surface area (TPSA) is 57.7 Å². The number of piperidine rings is 1. The van der Waals surface area contributed by atoms with Crippen molar-refractivity contribution in [1.29, 1.82) is 0 Å². The minimum Gasteiger partial charge on any atom is -0.312 e. The molecule has 0 bridgehead atoms. The number of carbonyl (C=O) groups is 1. The largest absolute Gasteiger partial charge is 0.312 e. The highest BCUT2D eigenvalue weighted by Gasteiger charge is 2.32. The van der Waals surface area contributed by atoms with Crippen LogP contribution in [-0.4, -0.2) is 44.0 Å². The minimum absolute atomic E-state index is 0.0992. The summed E-state index contributed by atoms with van der Waals surface area (Å²) in [7, 11) is -3.15. The summed E-state index contributed by atoms with van der Waals surface area (Å²) >= 11 is 0. The second kappa shape index (κ2) is 7.45. The van der Waals surface area contributed by atoms with Crippen LogP contribution >= 0.6 is 0 Å². The molecular weight excluding hydrogens is 312 g/mol. The van der Waals surface area contributed by atoms with E-state index in [0.29, 0.717) is 32.5 Å². The van der Waals surface area contributed by atoms with Gasteiger partial charge in [0.25, 0.3) is 0 Å². The summed E-state index contributed by atoms with van der Waals surface area (Å²) < 4.78 is 25.4. The summed E-state index contributed by atoms with van der Waals surface area (Å²) in [4.78, 5) is 14.7. The number of amides is 1. The van der Waals surface area contributed by atoms with Crippen LogP contribution < -0.4 is 4.90 Å². The highest BCUT2D eigenvalue weighted by atomic mass is 32.2. The Kier molecular flexibility index (Phi) is 5.81. The Morgan fingerprint density at radius 2 is 1.83 bits per heavy atom. The van der Waals surface area contributed by atoms with Crippen molar-refractivity contribution >= 4 is 21.6 Å². The van der Waals surface area contributed by atoms with Crippen molar-refractivity contribution in [2.75, 3.05) is 30.3 Å². The molecule has 0 N–H and O–H groups in total. The predicted molar refractivity (Wildman–Crippen MR) is 93.0 cm³/mol. The van der Waals surface area contributed by atoms with Crippen LogP contribution in [0.2, 0.25) is 0 Å². The van der Waals surface area contributed by atoms with Crippen LogP contribution in [0.3, 0.4) is 0 Å². The third kappa shape index (κ3) is 3.93. The summed E-state index contributed by atoms with van der Waals surface area (Å²) in [6.45, 7) is 7.14. The zero-order valence-electron chi connectivity index (χ0n) is 14.2. The number of nitrogens with zero attached hydrogens (tertiary/aromatic N) is 2. The van der Waals surface area contributed by atoms with E-state index in [4.69, 9.17) is 0 Å². The van der Waals surface area contributed by atoms with Crippen LogP contribution in [-0.2, 0) is 14.8 Å². The molecule has 1 saturated heterocycles. The van der Waals surface area contributed by atoms with Crippen LogP contribution in [0, 0.1) is 12.8 Å². The maximum Gasteiger partial charge on any atom is 0.230 e. The number of rotatable bonds is 5. The molecule has 0 spiro atoms. The molecule has 0 atom stereocenters. The van der Waals surface area contributed by atoms with Crippen molar-refractivity contribution in [3.05, 3.63) is 29.8 Å². The van der Waals surface area contributed by atoms with Gasteiger partial charge in [-0.25, -0.2) is 12.7 Å². The Bertz CT molecular complexity index is 650. The van der Waals surface area contributed by atoms with Gasteiger partial charge in [0.05, 0.1) is 5.75 Å². The monoisotopic (exact) mass is 338 g/mol. The molecule has 1 aromatic carbocycles. The molecule has 0 saturated carbocycles. The van der Waals surface area contributed by atoms with E-state index in [2.05, 4.69) is 0 Å². The van der Waals surface area contributed by atoms with Crippen LogP contribution in [0.1, 0.15) is 32.3 Å². The molecule has 1 fully saturated rings. The average molecular weight is 338 g/mol. The van der Waals surface area contributed by atoms with Crippen LogP contribution in [0.25, 0.3) is 0 Å². The van der Waals surface area contributed by atoms with E-state index in [1.165, 1.54) is 4.31 Å².